The Balaban J connectivity index is 3.50. The van der Waals surface area contributed by atoms with E-state index in [9.17, 15) is 0 Å². The molecule has 5 heteroatoms. The molecule has 0 saturated heterocycles. The summed E-state index contributed by atoms with van der Waals surface area (Å²) >= 11 is 5.54. The summed E-state index contributed by atoms with van der Waals surface area (Å²) in [7, 11) is 0. The van der Waals surface area contributed by atoms with Gasteiger partial charge in [-0.3, -0.25) is 0 Å². The van der Waals surface area contributed by atoms with Crippen molar-refractivity contribution < 1.29 is 0 Å². The largest absolute Gasteiger partial charge is 0.396 e. The van der Waals surface area contributed by atoms with Crippen LogP contribution in [-0.4, -0.2) is 4.98 Å². The lowest BCUT2D eigenvalue weighted by Gasteiger charge is -1.99. The molecule has 0 unspecified atom stereocenters. The molecule has 0 aliphatic heterocycles. The molecular formula is C7H3ClN4. The maximum absolute atomic E-state index is 8.56. The zero-order valence-corrected chi connectivity index (χ0v) is 6.63. The summed E-state index contributed by atoms with van der Waals surface area (Å²) in [6.07, 6.45) is 1.23. The zero-order chi connectivity index (χ0) is 9.14. The third-order valence-electron chi connectivity index (χ3n) is 1.31. The highest BCUT2D eigenvalue weighted by Gasteiger charge is 2.09. The fourth-order valence-corrected chi connectivity index (χ4v) is 0.889. The first-order chi connectivity index (χ1) is 5.70. The normalized spacial score (nSPS) is 8.58. The van der Waals surface area contributed by atoms with Gasteiger partial charge in [0.25, 0.3) is 0 Å². The number of aromatic nitrogens is 1. The van der Waals surface area contributed by atoms with Crippen LogP contribution in [0.2, 0.25) is 5.15 Å². The summed E-state index contributed by atoms with van der Waals surface area (Å²) in [6.45, 7) is 0. The number of anilines is 1. The first-order valence-electron chi connectivity index (χ1n) is 2.95. The van der Waals surface area contributed by atoms with E-state index in [0.717, 1.165) is 0 Å². The van der Waals surface area contributed by atoms with Crippen LogP contribution in [-0.2, 0) is 0 Å². The maximum Gasteiger partial charge on any atom is 0.148 e. The van der Waals surface area contributed by atoms with Gasteiger partial charge >= 0.3 is 0 Å². The van der Waals surface area contributed by atoms with Gasteiger partial charge in [0.05, 0.1) is 11.3 Å². The number of nitrogens with two attached hydrogens (primary N) is 1. The summed E-state index contributed by atoms with van der Waals surface area (Å²) < 4.78 is 0. The van der Waals surface area contributed by atoms with Gasteiger partial charge in [0.15, 0.2) is 0 Å². The number of halogens is 1. The minimum atomic E-state index is 0.0222. The average molecular weight is 179 g/mol. The Morgan fingerprint density at radius 3 is 2.58 bits per heavy atom. The van der Waals surface area contributed by atoms with Crippen molar-refractivity contribution in [1.29, 1.82) is 10.5 Å². The molecule has 4 nitrogen and oxygen atoms in total. The van der Waals surface area contributed by atoms with Crippen molar-refractivity contribution in [3.63, 3.8) is 0 Å². The number of hydrogen-bond donors (Lipinski definition) is 1. The molecule has 0 saturated carbocycles. The van der Waals surface area contributed by atoms with Crippen LogP contribution >= 0.6 is 11.6 Å². The van der Waals surface area contributed by atoms with E-state index in [1.165, 1.54) is 6.20 Å². The molecule has 0 aliphatic carbocycles. The Kier molecular flexibility index (Phi) is 2.14. The lowest BCUT2D eigenvalue weighted by atomic mass is 10.2. The van der Waals surface area contributed by atoms with E-state index in [1.54, 1.807) is 12.1 Å². The van der Waals surface area contributed by atoms with Crippen LogP contribution < -0.4 is 5.73 Å². The Hall–Kier alpha value is -1.78. The molecule has 2 N–H and O–H groups in total. The van der Waals surface area contributed by atoms with Gasteiger partial charge < -0.3 is 5.73 Å². The molecule has 0 radical (unpaired) electrons. The first kappa shape index (κ1) is 8.32. The van der Waals surface area contributed by atoms with Gasteiger partial charge in [0.1, 0.15) is 22.9 Å². The summed E-state index contributed by atoms with van der Waals surface area (Å²) in [5.74, 6) is 0. The lowest BCUT2D eigenvalue weighted by Crippen LogP contribution is -1.97. The fourth-order valence-electron chi connectivity index (χ4n) is 0.697. The van der Waals surface area contributed by atoms with Gasteiger partial charge in [0.2, 0.25) is 0 Å². The number of pyridine rings is 1. The quantitative estimate of drug-likeness (QED) is 0.602. The van der Waals surface area contributed by atoms with E-state index in [1.807, 2.05) is 0 Å². The Bertz CT molecular complexity index is 399. The predicted octanol–water partition coefficient (Wildman–Crippen LogP) is 1.06. The number of nitrogens with zero attached hydrogens (tertiary/aromatic N) is 3. The topological polar surface area (TPSA) is 86.5 Å². The average Bonchev–Trinajstić information content (AvgIpc) is 2.06. The minimum absolute atomic E-state index is 0.0222. The van der Waals surface area contributed by atoms with E-state index in [-0.39, 0.29) is 22.0 Å². The van der Waals surface area contributed by atoms with E-state index < -0.39 is 0 Å². The second-order valence-corrected chi connectivity index (χ2v) is 2.33. The van der Waals surface area contributed by atoms with Crippen molar-refractivity contribution in [1.82, 2.24) is 4.98 Å². The summed E-state index contributed by atoms with van der Waals surface area (Å²) in [6, 6.07) is 3.57. The second-order valence-electron chi connectivity index (χ2n) is 1.97. The van der Waals surface area contributed by atoms with Crippen molar-refractivity contribution in [2.24, 2.45) is 0 Å². The smallest absolute Gasteiger partial charge is 0.148 e. The van der Waals surface area contributed by atoms with E-state index in [4.69, 9.17) is 27.9 Å². The minimum Gasteiger partial charge on any atom is -0.396 e. The molecule has 1 heterocycles. The number of rotatable bonds is 0. The summed E-state index contributed by atoms with van der Waals surface area (Å²) in [4.78, 5) is 3.62. The number of hydrogen-bond acceptors (Lipinski definition) is 4. The van der Waals surface area contributed by atoms with Gasteiger partial charge in [-0.15, -0.1) is 0 Å². The second kappa shape index (κ2) is 3.08. The monoisotopic (exact) mass is 178 g/mol. The van der Waals surface area contributed by atoms with E-state index in [2.05, 4.69) is 4.98 Å². The molecule has 0 spiro atoms. The highest BCUT2D eigenvalue weighted by Crippen LogP contribution is 2.21. The van der Waals surface area contributed by atoms with Crippen LogP contribution in [0.25, 0.3) is 0 Å². The van der Waals surface area contributed by atoms with Crippen molar-refractivity contribution in [3.8, 4) is 12.1 Å². The Morgan fingerprint density at radius 1 is 1.42 bits per heavy atom. The third-order valence-corrected chi connectivity index (χ3v) is 1.59. The Morgan fingerprint density at radius 2 is 2.08 bits per heavy atom. The van der Waals surface area contributed by atoms with E-state index in [0.29, 0.717) is 0 Å². The van der Waals surface area contributed by atoms with Crippen LogP contribution in [0.4, 0.5) is 5.69 Å². The SMILES string of the molecule is N#Cc1cnc(Cl)c(C#N)c1N. The van der Waals surface area contributed by atoms with Gasteiger partial charge in [-0.25, -0.2) is 4.98 Å². The molecule has 1 aromatic rings. The molecule has 0 fully saturated rings. The molecule has 0 aromatic carbocycles. The molecule has 0 atom stereocenters. The van der Waals surface area contributed by atoms with Gasteiger partial charge in [-0.2, -0.15) is 10.5 Å². The van der Waals surface area contributed by atoms with Crippen LogP contribution in [0, 0.1) is 22.7 Å². The molecule has 0 aliphatic rings. The van der Waals surface area contributed by atoms with Crippen LogP contribution in [0.1, 0.15) is 11.1 Å². The van der Waals surface area contributed by atoms with Crippen molar-refractivity contribution >= 4 is 17.3 Å². The lowest BCUT2D eigenvalue weighted by molar-refractivity contribution is 1.28. The molecule has 1 rings (SSSR count). The van der Waals surface area contributed by atoms with Gasteiger partial charge in [0, 0.05) is 6.20 Å². The highest BCUT2D eigenvalue weighted by molar-refractivity contribution is 6.31. The van der Waals surface area contributed by atoms with Crippen molar-refractivity contribution in [3.05, 3.63) is 22.5 Å². The van der Waals surface area contributed by atoms with Crippen molar-refractivity contribution in [2.75, 3.05) is 5.73 Å². The third kappa shape index (κ3) is 1.16. The molecular weight excluding hydrogens is 176 g/mol. The Labute approximate surface area is 73.8 Å². The number of nitrogen functional groups attached to an aromatic ring is 1. The van der Waals surface area contributed by atoms with Crippen LogP contribution in [0.3, 0.4) is 0 Å². The predicted molar refractivity (Wildman–Crippen MR) is 43.1 cm³/mol. The maximum atomic E-state index is 8.56. The van der Waals surface area contributed by atoms with Gasteiger partial charge in [-0.1, -0.05) is 11.6 Å². The first-order valence-corrected chi connectivity index (χ1v) is 3.32. The number of nitriles is 2. The molecule has 0 amide bonds. The van der Waals surface area contributed by atoms with Crippen LogP contribution in [0.5, 0.6) is 0 Å². The zero-order valence-electron chi connectivity index (χ0n) is 5.87. The standard InChI is InChI=1S/C7H3ClN4/c8-7-5(2-10)6(11)4(1-9)3-12-7/h3H,(H2,11,12). The fraction of sp³-hybridized carbons (Fsp3) is 0. The highest BCUT2D eigenvalue weighted by atomic mass is 35.5. The van der Waals surface area contributed by atoms with Crippen LogP contribution in [0.15, 0.2) is 6.20 Å². The molecule has 12 heavy (non-hydrogen) atoms. The molecule has 1 aromatic heterocycles. The van der Waals surface area contributed by atoms with E-state index >= 15 is 0 Å². The summed E-state index contributed by atoms with van der Waals surface area (Å²) in [5, 5.41) is 17.1. The molecule has 58 valence electrons. The molecule has 0 bridgehead atoms. The van der Waals surface area contributed by atoms with Crippen molar-refractivity contribution in [2.45, 2.75) is 0 Å². The van der Waals surface area contributed by atoms with Gasteiger partial charge in [-0.05, 0) is 0 Å². The summed E-state index contributed by atoms with van der Waals surface area (Å²) in [5.41, 5.74) is 5.73.